The maximum atomic E-state index is 7.39. The molecule has 4 heterocycles. The molecule has 0 aromatic heterocycles. The molecule has 288 valence electrons. The SMILES string of the molecule is COc1ccc(CO[C@@H]2CC[C@@H]3O[C@H](CCCOCc4ccccc4)[C@@](C)(O[Si](C)(C)C(C)(C)C)CC[C@H]3O[C@H]2CB2C3CCCC2CCC3)cc1. The predicted molar refractivity (Wildman–Crippen MR) is 215 cm³/mol. The predicted octanol–water partition coefficient (Wildman–Crippen LogP) is 11.1. The number of hydrogen-bond acceptors (Lipinski definition) is 6. The Morgan fingerprint density at radius 3 is 2.12 bits per heavy atom. The van der Waals surface area contributed by atoms with Crippen LogP contribution in [0.15, 0.2) is 54.6 Å². The van der Waals surface area contributed by atoms with Crippen LogP contribution in [-0.4, -0.2) is 64.9 Å². The van der Waals surface area contributed by atoms with E-state index in [0.29, 0.717) is 19.8 Å². The van der Waals surface area contributed by atoms with Crippen molar-refractivity contribution in [2.45, 2.75) is 190 Å². The van der Waals surface area contributed by atoms with Crippen LogP contribution >= 0.6 is 0 Å². The molecule has 6 atom stereocenters. The van der Waals surface area contributed by atoms with E-state index < -0.39 is 8.32 Å². The van der Waals surface area contributed by atoms with Gasteiger partial charge in [-0.3, -0.25) is 0 Å². The van der Waals surface area contributed by atoms with Gasteiger partial charge in [0.05, 0.1) is 56.4 Å². The van der Waals surface area contributed by atoms with E-state index in [0.717, 1.165) is 68.9 Å². The largest absolute Gasteiger partial charge is 0.497 e. The number of methoxy groups -OCH3 is 1. The number of fused-ring (bicyclic) bond motifs is 3. The Hall–Kier alpha value is -1.68. The van der Waals surface area contributed by atoms with Gasteiger partial charge in [-0.2, -0.15) is 0 Å². The lowest BCUT2D eigenvalue weighted by Gasteiger charge is -2.47. The van der Waals surface area contributed by atoms with Crippen molar-refractivity contribution in [1.82, 2.24) is 0 Å². The smallest absolute Gasteiger partial charge is 0.192 e. The maximum absolute atomic E-state index is 7.39. The number of benzene rings is 2. The Balaban J connectivity index is 1.19. The molecule has 0 unspecified atom stereocenters. The van der Waals surface area contributed by atoms with Crippen LogP contribution in [0.3, 0.4) is 0 Å². The quantitative estimate of drug-likeness (QED) is 0.142. The third-order valence-electron chi connectivity index (χ3n) is 13.7. The molecule has 52 heavy (non-hydrogen) atoms. The lowest BCUT2D eigenvalue weighted by Crippen LogP contribution is -2.54. The van der Waals surface area contributed by atoms with E-state index in [-0.39, 0.29) is 41.2 Å². The topological polar surface area (TPSA) is 55.4 Å². The molecule has 4 aliphatic rings. The first-order valence-corrected chi connectivity index (χ1v) is 23.7. The van der Waals surface area contributed by atoms with Crippen LogP contribution in [-0.2, 0) is 36.6 Å². The van der Waals surface area contributed by atoms with Crippen LogP contribution < -0.4 is 4.74 Å². The van der Waals surface area contributed by atoms with Crippen molar-refractivity contribution >= 4 is 15.0 Å². The molecule has 0 saturated carbocycles. The molecule has 0 spiro atoms. The van der Waals surface area contributed by atoms with E-state index in [1.165, 1.54) is 49.7 Å². The second-order valence-corrected chi connectivity index (χ2v) is 23.1. The highest BCUT2D eigenvalue weighted by molar-refractivity contribution is 6.74. The highest BCUT2D eigenvalue weighted by Gasteiger charge is 2.51. The second-order valence-electron chi connectivity index (χ2n) is 18.3. The van der Waals surface area contributed by atoms with Crippen molar-refractivity contribution in [2.75, 3.05) is 13.7 Å². The van der Waals surface area contributed by atoms with Crippen LogP contribution in [0, 0.1) is 0 Å². The molecule has 6 nitrogen and oxygen atoms in total. The van der Waals surface area contributed by atoms with Gasteiger partial charge in [0.15, 0.2) is 8.32 Å². The summed E-state index contributed by atoms with van der Waals surface area (Å²) in [5.41, 5.74) is 2.02. The summed E-state index contributed by atoms with van der Waals surface area (Å²) in [6.45, 7) is 16.8. The number of rotatable bonds is 14. The summed E-state index contributed by atoms with van der Waals surface area (Å²) in [6, 6.07) is 18.8. The fourth-order valence-electron chi connectivity index (χ4n) is 9.61. The van der Waals surface area contributed by atoms with Gasteiger partial charge >= 0.3 is 0 Å². The van der Waals surface area contributed by atoms with Crippen LogP contribution in [0.25, 0.3) is 0 Å². The van der Waals surface area contributed by atoms with Gasteiger partial charge in [0.25, 0.3) is 0 Å². The van der Waals surface area contributed by atoms with Gasteiger partial charge in [-0.25, -0.2) is 0 Å². The van der Waals surface area contributed by atoms with Gasteiger partial charge in [0.1, 0.15) is 12.5 Å². The molecule has 4 aliphatic heterocycles. The van der Waals surface area contributed by atoms with E-state index in [9.17, 15) is 0 Å². The molecule has 2 aromatic carbocycles. The van der Waals surface area contributed by atoms with Gasteiger partial charge in [0, 0.05) is 6.61 Å². The fourth-order valence-corrected chi connectivity index (χ4v) is 11.3. The van der Waals surface area contributed by atoms with Crippen molar-refractivity contribution in [3.8, 4) is 5.75 Å². The average molecular weight is 733 g/mol. The maximum Gasteiger partial charge on any atom is 0.192 e. The van der Waals surface area contributed by atoms with Crippen LogP contribution in [0.5, 0.6) is 5.75 Å². The van der Waals surface area contributed by atoms with E-state index >= 15 is 0 Å². The average Bonchev–Trinajstić information content (AvgIpc) is 3.34. The van der Waals surface area contributed by atoms with Crippen LogP contribution in [0.1, 0.15) is 116 Å². The van der Waals surface area contributed by atoms with E-state index in [1.807, 2.05) is 12.1 Å². The normalized spacial score (nSPS) is 31.4. The fraction of sp³-hybridized carbons (Fsp3) is 0.727. The van der Waals surface area contributed by atoms with E-state index in [4.69, 9.17) is 28.1 Å². The van der Waals surface area contributed by atoms with E-state index in [2.05, 4.69) is 83.3 Å². The number of hydrogen-bond donors (Lipinski definition) is 0. The molecule has 2 aromatic rings. The molecule has 0 N–H and O–H groups in total. The first-order chi connectivity index (χ1) is 24.9. The van der Waals surface area contributed by atoms with Gasteiger partial charge in [-0.05, 0) is 93.2 Å². The molecule has 6 rings (SSSR count). The first kappa shape index (κ1) is 40.0. The highest BCUT2D eigenvalue weighted by Crippen LogP contribution is 2.50. The van der Waals surface area contributed by atoms with Gasteiger partial charge in [-0.1, -0.05) is 113 Å². The summed E-state index contributed by atoms with van der Waals surface area (Å²) in [5.74, 6) is 2.57. The minimum Gasteiger partial charge on any atom is -0.497 e. The summed E-state index contributed by atoms with van der Waals surface area (Å²) >= 11 is 0. The number of ether oxygens (including phenoxy) is 5. The molecule has 4 fully saturated rings. The highest BCUT2D eigenvalue weighted by atomic mass is 28.4. The van der Waals surface area contributed by atoms with Crippen molar-refractivity contribution in [1.29, 1.82) is 0 Å². The Bertz CT molecular complexity index is 1350. The molecule has 4 saturated heterocycles. The zero-order valence-corrected chi connectivity index (χ0v) is 34.6. The molecule has 8 heteroatoms. The van der Waals surface area contributed by atoms with Crippen molar-refractivity contribution < 1.29 is 28.1 Å². The summed E-state index contributed by atoms with van der Waals surface area (Å²) in [5, 5.41) is 0.115. The van der Waals surface area contributed by atoms with E-state index in [1.54, 1.807) is 7.11 Å². The third-order valence-corrected chi connectivity index (χ3v) is 18.2. The Labute approximate surface area is 317 Å². The summed E-state index contributed by atoms with van der Waals surface area (Å²) in [6.07, 6.45) is 15.3. The molecule has 0 amide bonds. The molecule has 0 aliphatic carbocycles. The van der Waals surface area contributed by atoms with Crippen LogP contribution in [0.4, 0.5) is 0 Å². The second kappa shape index (κ2) is 17.9. The summed E-state index contributed by atoms with van der Waals surface area (Å²) in [4.78, 5) is 0. The summed E-state index contributed by atoms with van der Waals surface area (Å²) in [7, 11) is -0.364. The van der Waals surface area contributed by atoms with Gasteiger partial charge in [-0.15, -0.1) is 0 Å². The zero-order valence-electron chi connectivity index (χ0n) is 33.6. The Morgan fingerprint density at radius 2 is 1.46 bits per heavy atom. The third kappa shape index (κ3) is 10.1. The Morgan fingerprint density at radius 1 is 0.808 bits per heavy atom. The van der Waals surface area contributed by atoms with Crippen LogP contribution in [0.2, 0.25) is 36.1 Å². The van der Waals surface area contributed by atoms with Gasteiger partial charge < -0.3 is 28.1 Å². The molecule has 0 radical (unpaired) electrons. The standard InChI is InChI=1S/C44H69BO6Si/c1-43(2,3)52(6,7)51-44(4)28-27-40-39(50-42(44)20-13-29-47-31-33-14-9-8-10-15-33)26-25-38(48-32-34-21-23-37(46-5)24-22-34)41(49-40)30-45-35-16-11-17-36(45)19-12-18-35/h8-10,14-15,21-24,35-36,38-42H,11-13,16-20,25-32H2,1-7H3/t35?,36?,38-,39+,40-,41+,42-,44+/m1/s1. The lowest BCUT2D eigenvalue weighted by atomic mass is 9.25. The molecule has 2 bridgehead atoms. The summed E-state index contributed by atoms with van der Waals surface area (Å²) < 4.78 is 40.6. The van der Waals surface area contributed by atoms with Crippen molar-refractivity contribution in [2.24, 2.45) is 0 Å². The Kier molecular flexibility index (Phi) is 13.7. The van der Waals surface area contributed by atoms with Crippen molar-refractivity contribution in [3.63, 3.8) is 0 Å². The van der Waals surface area contributed by atoms with Gasteiger partial charge in [0.2, 0.25) is 0 Å². The molecular formula is C44H69BO6Si. The van der Waals surface area contributed by atoms with Crippen molar-refractivity contribution in [3.05, 3.63) is 65.7 Å². The lowest BCUT2D eigenvalue weighted by molar-refractivity contribution is -0.145. The minimum atomic E-state index is -2.08. The minimum absolute atomic E-state index is 0.0199. The monoisotopic (exact) mass is 732 g/mol. The molecular weight excluding hydrogens is 663 g/mol. The zero-order chi connectivity index (χ0) is 36.8. The first-order valence-electron chi connectivity index (χ1n) is 20.8.